The fourth-order valence-electron chi connectivity index (χ4n) is 2.59. The van der Waals surface area contributed by atoms with Gasteiger partial charge in [0.25, 0.3) is 0 Å². The van der Waals surface area contributed by atoms with Gasteiger partial charge in [-0.1, -0.05) is 25.0 Å². The van der Waals surface area contributed by atoms with Gasteiger partial charge >= 0.3 is 0 Å². The number of halogens is 1. The van der Waals surface area contributed by atoms with Crippen LogP contribution in [0.4, 0.5) is 4.39 Å². The van der Waals surface area contributed by atoms with E-state index in [2.05, 4.69) is 0 Å². The summed E-state index contributed by atoms with van der Waals surface area (Å²) >= 11 is 0. The Morgan fingerprint density at radius 1 is 1.37 bits per heavy atom. The molecule has 3 nitrogen and oxygen atoms in total. The molecule has 1 aromatic rings. The Labute approximate surface area is 113 Å². The number of rotatable bonds is 4. The zero-order chi connectivity index (χ0) is 13.7. The molecule has 0 radical (unpaired) electrons. The van der Waals surface area contributed by atoms with Crippen LogP contribution < -0.4 is 0 Å². The lowest BCUT2D eigenvalue weighted by Gasteiger charge is -2.27. The Bertz CT molecular complexity index is 436. The Morgan fingerprint density at radius 3 is 2.95 bits per heavy atom. The molecule has 1 aliphatic rings. The molecule has 1 aliphatic heterocycles. The van der Waals surface area contributed by atoms with E-state index in [1.807, 2.05) is 4.90 Å². The van der Waals surface area contributed by atoms with Gasteiger partial charge in [-0.3, -0.25) is 9.69 Å². The van der Waals surface area contributed by atoms with Gasteiger partial charge in [-0.05, 0) is 31.5 Å². The number of hydrogen-bond acceptors (Lipinski definition) is 3. The highest BCUT2D eigenvalue weighted by Gasteiger charge is 2.22. The number of likely N-dealkylation sites (tertiary alicyclic amines) is 1. The average molecular weight is 265 g/mol. The molecule has 1 aromatic carbocycles. The highest BCUT2D eigenvalue weighted by molar-refractivity contribution is 5.97. The molecule has 0 bridgehead atoms. The van der Waals surface area contributed by atoms with Crippen LogP contribution in [0.1, 0.15) is 36.0 Å². The normalized spacial score (nSPS) is 21.1. The second-order valence-electron chi connectivity index (χ2n) is 5.09. The van der Waals surface area contributed by atoms with Crippen molar-refractivity contribution in [3.05, 3.63) is 35.6 Å². The van der Waals surface area contributed by atoms with E-state index in [4.69, 9.17) is 0 Å². The van der Waals surface area contributed by atoms with Crippen LogP contribution in [0.15, 0.2) is 24.3 Å². The maximum Gasteiger partial charge on any atom is 0.176 e. The Kier molecular flexibility index (Phi) is 5.05. The van der Waals surface area contributed by atoms with Crippen LogP contribution in [-0.2, 0) is 0 Å². The summed E-state index contributed by atoms with van der Waals surface area (Å²) in [5.41, 5.74) is 0.404. The largest absolute Gasteiger partial charge is 0.395 e. The Morgan fingerprint density at radius 2 is 2.21 bits per heavy atom. The van der Waals surface area contributed by atoms with Crippen molar-refractivity contribution in [2.75, 3.05) is 19.7 Å². The van der Waals surface area contributed by atoms with E-state index in [-0.39, 0.29) is 30.8 Å². The summed E-state index contributed by atoms with van der Waals surface area (Å²) in [6.45, 7) is 1.16. The standard InChI is InChI=1S/C15H20FNO2/c16-13-6-4-5-12(9-13)15(19)10-17-8-3-1-2-7-14(17)11-18/h4-6,9,14,18H,1-3,7-8,10-11H2. The first-order valence-corrected chi connectivity index (χ1v) is 6.84. The zero-order valence-corrected chi connectivity index (χ0v) is 11.0. The van der Waals surface area contributed by atoms with Crippen LogP contribution in [0.2, 0.25) is 0 Å². The maximum absolute atomic E-state index is 13.1. The quantitative estimate of drug-likeness (QED) is 0.849. The number of aliphatic hydroxyl groups excluding tert-OH is 1. The number of benzene rings is 1. The smallest absolute Gasteiger partial charge is 0.176 e. The summed E-state index contributed by atoms with van der Waals surface area (Å²) in [5.74, 6) is -0.472. The number of aliphatic hydroxyl groups is 1. The first-order chi connectivity index (χ1) is 9.20. The molecule has 0 amide bonds. The lowest BCUT2D eigenvalue weighted by Crippen LogP contribution is -2.40. The maximum atomic E-state index is 13.1. The molecule has 0 aliphatic carbocycles. The molecule has 1 N–H and O–H groups in total. The van der Waals surface area contributed by atoms with Crippen LogP contribution in [0.3, 0.4) is 0 Å². The molecular weight excluding hydrogens is 245 g/mol. The number of hydrogen-bond donors (Lipinski definition) is 1. The highest BCUT2D eigenvalue weighted by atomic mass is 19.1. The molecular formula is C15H20FNO2. The van der Waals surface area contributed by atoms with E-state index in [1.54, 1.807) is 12.1 Å². The van der Waals surface area contributed by atoms with E-state index in [9.17, 15) is 14.3 Å². The molecule has 1 unspecified atom stereocenters. The van der Waals surface area contributed by atoms with E-state index in [0.717, 1.165) is 32.2 Å². The summed E-state index contributed by atoms with van der Waals surface area (Å²) in [4.78, 5) is 14.2. The second kappa shape index (κ2) is 6.78. The number of ketones is 1. The number of Topliss-reactive ketones (excluding diaryl/α,β-unsaturated/α-hetero) is 1. The number of carbonyl (C=O) groups excluding carboxylic acids is 1. The van der Waals surface area contributed by atoms with E-state index >= 15 is 0 Å². The van der Waals surface area contributed by atoms with E-state index in [1.165, 1.54) is 12.1 Å². The molecule has 0 spiro atoms. The SMILES string of the molecule is O=C(CN1CCCCCC1CO)c1cccc(F)c1. The van der Waals surface area contributed by atoms with E-state index < -0.39 is 0 Å². The van der Waals surface area contributed by atoms with Gasteiger partial charge in [0.1, 0.15) is 5.82 Å². The predicted molar refractivity (Wildman–Crippen MR) is 71.6 cm³/mol. The van der Waals surface area contributed by atoms with Gasteiger partial charge in [0.2, 0.25) is 0 Å². The van der Waals surface area contributed by atoms with Gasteiger partial charge < -0.3 is 5.11 Å². The van der Waals surface area contributed by atoms with Crippen LogP contribution in [0.5, 0.6) is 0 Å². The van der Waals surface area contributed by atoms with Crippen molar-refractivity contribution in [3.8, 4) is 0 Å². The van der Waals surface area contributed by atoms with Gasteiger partial charge in [0.15, 0.2) is 5.78 Å². The van der Waals surface area contributed by atoms with Crippen molar-refractivity contribution >= 4 is 5.78 Å². The lowest BCUT2D eigenvalue weighted by molar-refractivity contribution is 0.0826. The van der Waals surface area contributed by atoms with Gasteiger partial charge in [0, 0.05) is 11.6 Å². The first-order valence-electron chi connectivity index (χ1n) is 6.84. The third kappa shape index (κ3) is 3.85. The minimum atomic E-state index is -0.388. The third-order valence-electron chi connectivity index (χ3n) is 3.70. The molecule has 1 fully saturated rings. The molecule has 2 rings (SSSR count). The second-order valence-corrected chi connectivity index (χ2v) is 5.09. The zero-order valence-electron chi connectivity index (χ0n) is 11.0. The molecule has 104 valence electrons. The van der Waals surface area contributed by atoms with Crippen molar-refractivity contribution in [3.63, 3.8) is 0 Å². The molecule has 1 saturated heterocycles. The fourth-order valence-corrected chi connectivity index (χ4v) is 2.59. The summed E-state index contributed by atoms with van der Waals surface area (Å²) in [6.07, 6.45) is 4.21. The molecule has 19 heavy (non-hydrogen) atoms. The summed E-state index contributed by atoms with van der Waals surface area (Å²) in [7, 11) is 0. The third-order valence-corrected chi connectivity index (χ3v) is 3.70. The van der Waals surface area contributed by atoms with Crippen molar-refractivity contribution in [1.29, 1.82) is 0 Å². The van der Waals surface area contributed by atoms with E-state index in [0.29, 0.717) is 5.56 Å². The average Bonchev–Trinajstić information content (AvgIpc) is 2.63. The van der Waals surface area contributed by atoms with Crippen molar-refractivity contribution in [1.82, 2.24) is 4.90 Å². The molecule has 0 aromatic heterocycles. The predicted octanol–water partition coefficient (Wildman–Crippen LogP) is 2.25. The Hall–Kier alpha value is -1.26. The summed E-state index contributed by atoms with van der Waals surface area (Å²) in [6, 6.07) is 5.85. The minimum Gasteiger partial charge on any atom is -0.395 e. The highest BCUT2D eigenvalue weighted by Crippen LogP contribution is 2.17. The molecule has 1 atom stereocenters. The van der Waals surface area contributed by atoms with Crippen LogP contribution in [0.25, 0.3) is 0 Å². The van der Waals surface area contributed by atoms with Crippen molar-refractivity contribution < 1.29 is 14.3 Å². The van der Waals surface area contributed by atoms with Crippen LogP contribution >= 0.6 is 0 Å². The van der Waals surface area contributed by atoms with Crippen LogP contribution in [-0.4, -0.2) is 41.5 Å². The van der Waals surface area contributed by atoms with Crippen LogP contribution in [0, 0.1) is 5.82 Å². The number of nitrogens with zero attached hydrogens (tertiary/aromatic N) is 1. The monoisotopic (exact) mass is 265 g/mol. The molecule has 4 heteroatoms. The van der Waals surface area contributed by atoms with Gasteiger partial charge in [0.05, 0.1) is 13.2 Å². The first kappa shape index (κ1) is 14.2. The summed E-state index contributed by atoms with van der Waals surface area (Å²) < 4.78 is 13.1. The topological polar surface area (TPSA) is 40.5 Å². The van der Waals surface area contributed by atoms with Gasteiger partial charge in [-0.25, -0.2) is 4.39 Å². The van der Waals surface area contributed by atoms with Crippen molar-refractivity contribution in [2.24, 2.45) is 0 Å². The molecule has 0 saturated carbocycles. The van der Waals surface area contributed by atoms with Gasteiger partial charge in [-0.15, -0.1) is 0 Å². The summed E-state index contributed by atoms with van der Waals surface area (Å²) in [5, 5.41) is 9.40. The van der Waals surface area contributed by atoms with Gasteiger partial charge in [-0.2, -0.15) is 0 Å². The van der Waals surface area contributed by atoms with Crippen molar-refractivity contribution in [2.45, 2.75) is 31.7 Å². The lowest BCUT2D eigenvalue weighted by atomic mass is 10.1. The number of carbonyl (C=O) groups is 1. The fraction of sp³-hybridized carbons (Fsp3) is 0.533. The Balaban J connectivity index is 2.04. The molecule has 1 heterocycles. The minimum absolute atomic E-state index is 0.0556.